The van der Waals surface area contributed by atoms with Crippen molar-refractivity contribution in [2.75, 3.05) is 39.3 Å². The minimum Gasteiger partial charge on any atom is -0.370 e. The summed E-state index contributed by atoms with van der Waals surface area (Å²) in [6.07, 6.45) is -3.18. The van der Waals surface area contributed by atoms with Gasteiger partial charge in [-0.25, -0.2) is 10.3 Å². The van der Waals surface area contributed by atoms with E-state index in [1.54, 1.807) is 6.07 Å². The highest BCUT2D eigenvalue weighted by atomic mass is 19.4. The van der Waals surface area contributed by atoms with Gasteiger partial charge in [0.15, 0.2) is 0 Å². The third-order valence-corrected chi connectivity index (χ3v) is 5.16. The first-order valence-electron chi connectivity index (χ1n) is 9.58. The molecule has 28 heavy (non-hydrogen) atoms. The molecule has 0 aromatic heterocycles. The molecule has 2 fully saturated rings. The van der Waals surface area contributed by atoms with Crippen LogP contribution in [0.3, 0.4) is 0 Å². The fraction of sp³-hybridized carbons (Fsp3) is 0.632. The van der Waals surface area contributed by atoms with Gasteiger partial charge in [0.1, 0.15) is 6.10 Å². The topological polar surface area (TPSA) is 54.0 Å². The summed E-state index contributed by atoms with van der Waals surface area (Å²) in [7, 11) is 0. The van der Waals surface area contributed by atoms with E-state index in [2.05, 4.69) is 17.3 Å². The fourth-order valence-electron chi connectivity index (χ4n) is 3.55. The van der Waals surface area contributed by atoms with Crippen LogP contribution in [-0.2, 0) is 15.8 Å². The number of nitrogens with one attached hydrogen (secondary N) is 1. The number of halogens is 3. The summed E-state index contributed by atoms with van der Waals surface area (Å²) < 4.78 is 44.4. The number of nitrogens with zero attached hydrogens (tertiary/aromatic N) is 2. The summed E-state index contributed by atoms with van der Waals surface area (Å²) in [6, 6.07) is 4.64. The van der Waals surface area contributed by atoms with Crippen LogP contribution in [0.5, 0.6) is 0 Å². The standard InChI is InChI=1S/C19H26F3N3O3/c1-2-24-8-4-7-16(12-24)28-23-18(26)25-9-10-27-17(13-25)14-5-3-6-15(11-14)19(20,21)22/h3,5-6,11,16-17H,2,4,7-10,12-13H2,1H3,(H,23,26). The highest BCUT2D eigenvalue weighted by Crippen LogP contribution is 2.32. The Balaban J connectivity index is 1.55. The van der Waals surface area contributed by atoms with Crippen molar-refractivity contribution < 1.29 is 27.5 Å². The Morgan fingerprint density at radius 2 is 2.14 bits per heavy atom. The van der Waals surface area contributed by atoms with Crippen LogP contribution in [0.15, 0.2) is 24.3 Å². The molecule has 2 aliphatic heterocycles. The number of morpholine rings is 1. The number of carbonyl (C=O) groups is 1. The number of carbonyl (C=O) groups excluding carboxylic acids is 1. The Labute approximate surface area is 162 Å². The maximum Gasteiger partial charge on any atom is 0.416 e. The number of amides is 2. The zero-order chi connectivity index (χ0) is 20.1. The molecule has 2 heterocycles. The van der Waals surface area contributed by atoms with Crippen molar-refractivity contribution in [1.29, 1.82) is 0 Å². The first kappa shape index (κ1) is 20.9. The van der Waals surface area contributed by atoms with E-state index in [9.17, 15) is 18.0 Å². The van der Waals surface area contributed by atoms with Gasteiger partial charge in [-0.1, -0.05) is 19.1 Å². The number of piperidine rings is 1. The van der Waals surface area contributed by atoms with Gasteiger partial charge in [-0.3, -0.25) is 4.84 Å². The molecule has 2 amide bonds. The molecule has 1 aromatic rings. The lowest BCUT2D eigenvalue weighted by Crippen LogP contribution is -2.49. The normalized spacial score (nSPS) is 24.2. The Kier molecular flexibility index (Phi) is 6.79. The summed E-state index contributed by atoms with van der Waals surface area (Å²) in [5.74, 6) is 0. The Hall–Kier alpha value is -1.84. The molecule has 9 heteroatoms. The van der Waals surface area contributed by atoms with Crippen molar-refractivity contribution in [2.24, 2.45) is 0 Å². The van der Waals surface area contributed by atoms with Crippen LogP contribution in [-0.4, -0.2) is 61.3 Å². The van der Waals surface area contributed by atoms with Gasteiger partial charge in [0.2, 0.25) is 0 Å². The zero-order valence-corrected chi connectivity index (χ0v) is 15.9. The molecule has 1 N–H and O–H groups in total. The number of likely N-dealkylation sites (tertiary alicyclic amines) is 1. The Morgan fingerprint density at radius 1 is 1.32 bits per heavy atom. The molecule has 6 nitrogen and oxygen atoms in total. The highest BCUT2D eigenvalue weighted by Gasteiger charge is 2.32. The number of alkyl halides is 3. The van der Waals surface area contributed by atoms with Gasteiger partial charge in [0.05, 0.1) is 24.8 Å². The van der Waals surface area contributed by atoms with E-state index in [4.69, 9.17) is 9.57 Å². The number of ether oxygens (including phenoxy) is 1. The summed E-state index contributed by atoms with van der Waals surface area (Å²) in [6.45, 7) is 5.61. The van der Waals surface area contributed by atoms with Crippen molar-refractivity contribution in [1.82, 2.24) is 15.3 Å². The number of hydroxylamine groups is 1. The molecule has 2 aliphatic rings. The van der Waals surface area contributed by atoms with Gasteiger partial charge in [0, 0.05) is 13.1 Å². The van der Waals surface area contributed by atoms with E-state index in [1.165, 1.54) is 11.0 Å². The van der Waals surface area contributed by atoms with E-state index >= 15 is 0 Å². The van der Waals surface area contributed by atoms with Crippen LogP contribution < -0.4 is 5.48 Å². The number of rotatable bonds is 4. The maximum atomic E-state index is 12.9. The average Bonchev–Trinajstić information content (AvgIpc) is 2.71. The predicted molar refractivity (Wildman–Crippen MR) is 96.5 cm³/mol. The van der Waals surface area contributed by atoms with Crippen molar-refractivity contribution in [3.8, 4) is 0 Å². The van der Waals surface area contributed by atoms with E-state index < -0.39 is 23.9 Å². The summed E-state index contributed by atoms with van der Waals surface area (Å²) in [5, 5.41) is 0. The molecule has 2 unspecified atom stereocenters. The molecular weight excluding hydrogens is 375 g/mol. The Bertz CT molecular complexity index is 671. The molecule has 2 saturated heterocycles. The fourth-order valence-corrected chi connectivity index (χ4v) is 3.55. The van der Waals surface area contributed by atoms with Crippen LogP contribution in [0.25, 0.3) is 0 Å². The zero-order valence-electron chi connectivity index (χ0n) is 15.9. The average molecular weight is 401 g/mol. The molecular formula is C19H26F3N3O3. The van der Waals surface area contributed by atoms with E-state index in [-0.39, 0.29) is 19.3 Å². The van der Waals surface area contributed by atoms with Crippen LogP contribution in [0, 0.1) is 0 Å². The summed E-state index contributed by atoms with van der Waals surface area (Å²) >= 11 is 0. The van der Waals surface area contributed by atoms with Gasteiger partial charge in [-0.2, -0.15) is 13.2 Å². The minimum atomic E-state index is -4.41. The summed E-state index contributed by atoms with van der Waals surface area (Å²) in [4.78, 5) is 21.8. The van der Waals surface area contributed by atoms with Gasteiger partial charge in [-0.15, -0.1) is 0 Å². The van der Waals surface area contributed by atoms with Gasteiger partial charge < -0.3 is 14.5 Å². The first-order valence-corrected chi connectivity index (χ1v) is 9.58. The van der Waals surface area contributed by atoms with Crippen LogP contribution in [0.2, 0.25) is 0 Å². The van der Waals surface area contributed by atoms with E-state index in [0.29, 0.717) is 12.1 Å². The van der Waals surface area contributed by atoms with Crippen LogP contribution >= 0.6 is 0 Å². The van der Waals surface area contributed by atoms with Gasteiger partial charge >= 0.3 is 12.2 Å². The largest absolute Gasteiger partial charge is 0.416 e. The second-order valence-corrected chi connectivity index (χ2v) is 7.11. The predicted octanol–water partition coefficient (Wildman–Crippen LogP) is 3.20. The first-order chi connectivity index (χ1) is 13.4. The van der Waals surface area contributed by atoms with Crippen molar-refractivity contribution in [3.63, 3.8) is 0 Å². The molecule has 2 atom stereocenters. The second kappa shape index (κ2) is 9.11. The van der Waals surface area contributed by atoms with Gasteiger partial charge in [0.25, 0.3) is 0 Å². The SMILES string of the molecule is CCN1CCCC(ONC(=O)N2CCOC(c3cccc(C(F)(F)F)c3)C2)C1. The third-order valence-electron chi connectivity index (χ3n) is 5.16. The van der Waals surface area contributed by atoms with Gasteiger partial charge in [-0.05, 0) is 43.6 Å². The number of hydrogen-bond donors (Lipinski definition) is 1. The molecule has 1 aromatic carbocycles. The lowest BCUT2D eigenvalue weighted by atomic mass is 10.0. The maximum absolute atomic E-state index is 12.9. The lowest BCUT2D eigenvalue weighted by molar-refractivity contribution is -0.137. The van der Waals surface area contributed by atoms with Crippen LogP contribution in [0.4, 0.5) is 18.0 Å². The highest BCUT2D eigenvalue weighted by molar-refractivity contribution is 5.73. The molecule has 0 radical (unpaired) electrons. The van der Waals surface area contributed by atoms with Crippen molar-refractivity contribution in [3.05, 3.63) is 35.4 Å². The van der Waals surface area contributed by atoms with Crippen LogP contribution in [0.1, 0.15) is 37.0 Å². The Morgan fingerprint density at radius 3 is 2.89 bits per heavy atom. The smallest absolute Gasteiger partial charge is 0.370 e. The van der Waals surface area contributed by atoms with Crippen molar-refractivity contribution >= 4 is 6.03 Å². The quantitative estimate of drug-likeness (QED) is 0.788. The number of likely N-dealkylation sites (N-methyl/N-ethyl adjacent to an activating group) is 1. The molecule has 0 aliphatic carbocycles. The number of urea groups is 1. The van der Waals surface area contributed by atoms with E-state index in [1.807, 2.05) is 0 Å². The van der Waals surface area contributed by atoms with E-state index in [0.717, 1.165) is 44.6 Å². The monoisotopic (exact) mass is 401 g/mol. The lowest BCUT2D eigenvalue weighted by Gasteiger charge is -2.34. The number of benzene rings is 1. The molecule has 0 bridgehead atoms. The minimum absolute atomic E-state index is 0.0574. The molecule has 156 valence electrons. The molecule has 0 saturated carbocycles. The second-order valence-electron chi connectivity index (χ2n) is 7.11. The number of hydrogen-bond acceptors (Lipinski definition) is 4. The third kappa shape index (κ3) is 5.36. The molecule has 3 rings (SSSR count). The summed E-state index contributed by atoms with van der Waals surface area (Å²) in [5.41, 5.74) is 2.18. The molecule has 0 spiro atoms. The van der Waals surface area contributed by atoms with Crippen molar-refractivity contribution in [2.45, 2.75) is 38.1 Å².